The summed E-state index contributed by atoms with van der Waals surface area (Å²) in [7, 11) is 0. The van der Waals surface area contributed by atoms with Crippen LogP contribution in [-0.4, -0.2) is 11.6 Å². The second-order valence-corrected chi connectivity index (χ2v) is 7.07. The predicted molar refractivity (Wildman–Crippen MR) is 119 cm³/mol. The molecular weight excluding hydrogens is 374 g/mol. The number of nitrogens with zero attached hydrogens (tertiary/aromatic N) is 1. The Morgan fingerprint density at radius 3 is 2.00 bits per heavy atom. The Bertz CT molecular complexity index is 1110. The van der Waals surface area contributed by atoms with Gasteiger partial charge in [-0.3, -0.25) is 0 Å². The van der Waals surface area contributed by atoms with E-state index in [-0.39, 0.29) is 0 Å². The first-order valence-electron chi connectivity index (χ1n) is 10.1. The fourth-order valence-electron chi connectivity index (χ4n) is 3.34. The van der Waals surface area contributed by atoms with Crippen molar-refractivity contribution in [1.82, 2.24) is 4.98 Å². The van der Waals surface area contributed by atoms with E-state index in [1.165, 1.54) is 0 Å². The number of hydrogen-bond donors (Lipinski definition) is 0. The molecule has 4 aromatic rings. The molecule has 0 spiro atoms. The number of aryl methyl sites for hydroxylation is 1. The quantitative estimate of drug-likeness (QED) is 0.359. The Hall–Kier alpha value is -3.53. The lowest BCUT2D eigenvalue weighted by Gasteiger charge is -2.16. The van der Waals surface area contributed by atoms with Crippen molar-refractivity contribution in [2.45, 2.75) is 27.1 Å². The molecule has 0 N–H and O–H groups in total. The first-order chi connectivity index (χ1) is 14.7. The fourth-order valence-corrected chi connectivity index (χ4v) is 3.34. The Labute approximate surface area is 177 Å². The van der Waals surface area contributed by atoms with Gasteiger partial charge in [0.15, 0.2) is 0 Å². The van der Waals surface area contributed by atoms with Gasteiger partial charge in [0.05, 0.1) is 12.0 Å². The van der Waals surface area contributed by atoms with Crippen LogP contribution in [0.2, 0.25) is 0 Å². The average Bonchev–Trinajstić information content (AvgIpc) is 2.77. The number of rotatable bonds is 8. The summed E-state index contributed by atoms with van der Waals surface area (Å²) >= 11 is 0. The molecule has 3 aromatic carbocycles. The molecule has 0 amide bonds. The summed E-state index contributed by atoms with van der Waals surface area (Å²) in [6.07, 6.45) is 0. The van der Waals surface area contributed by atoms with Crippen molar-refractivity contribution >= 4 is 10.8 Å². The number of benzene rings is 3. The highest BCUT2D eigenvalue weighted by atomic mass is 16.5. The number of ether oxygens (including phenoxy) is 3. The molecule has 0 saturated heterocycles. The van der Waals surface area contributed by atoms with E-state index in [9.17, 15) is 0 Å². The number of fused-ring (bicyclic) bond motifs is 1. The van der Waals surface area contributed by atoms with E-state index in [2.05, 4.69) is 17.1 Å². The molecule has 0 unspecified atom stereocenters. The Kier molecular flexibility index (Phi) is 6.14. The molecule has 4 heteroatoms. The molecule has 0 aliphatic rings. The van der Waals surface area contributed by atoms with Crippen molar-refractivity contribution in [3.05, 3.63) is 95.7 Å². The van der Waals surface area contributed by atoms with Gasteiger partial charge in [0.1, 0.15) is 24.7 Å². The molecule has 0 aliphatic heterocycles. The van der Waals surface area contributed by atoms with E-state index in [1.54, 1.807) is 0 Å². The maximum atomic E-state index is 6.22. The van der Waals surface area contributed by atoms with Crippen molar-refractivity contribution in [2.75, 3.05) is 6.61 Å². The summed E-state index contributed by atoms with van der Waals surface area (Å²) in [6.45, 7) is 5.40. The third kappa shape index (κ3) is 4.71. The van der Waals surface area contributed by atoms with Crippen LogP contribution in [-0.2, 0) is 13.2 Å². The van der Waals surface area contributed by atoms with Gasteiger partial charge in [0.25, 0.3) is 0 Å². The van der Waals surface area contributed by atoms with Crippen LogP contribution in [0.3, 0.4) is 0 Å². The highest BCUT2D eigenvalue weighted by Gasteiger charge is 2.15. The van der Waals surface area contributed by atoms with Crippen molar-refractivity contribution in [1.29, 1.82) is 0 Å². The van der Waals surface area contributed by atoms with Gasteiger partial charge >= 0.3 is 0 Å². The largest absolute Gasteiger partial charge is 0.489 e. The monoisotopic (exact) mass is 399 g/mol. The highest BCUT2D eigenvalue weighted by Crippen LogP contribution is 2.38. The molecule has 0 fully saturated rings. The minimum absolute atomic E-state index is 0.456. The Balaban J connectivity index is 1.70. The lowest BCUT2D eigenvalue weighted by molar-refractivity contribution is 0.290. The van der Waals surface area contributed by atoms with Crippen LogP contribution in [0.25, 0.3) is 10.8 Å². The number of pyridine rings is 1. The summed E-state index contributed by atoms with van der Waals surface area (Å²) in [5.41, 5.74) is 3.10. The molecule has 4 nitrogen and oxygen atoms in total. The molecule has 1 heterocycles. The van der Waals surface area contributed by atoms with Crippen LogP contribution < -0.4 is 14.2 Å². The van der Waals surface area contributed by atoms with Gasteiger partial charge in [-0.25, -0.2) is 4.98 Å². The summed E-state index contributed by atoms with van der Waals surface area (Å²) in [5.74, 6) is 2.04. The normalized spacial score (nSPS) is 10.7. The fraction of sp³-hybridized carbons (Fsp3) is 0.192. The highest BCUT2D eigenvalue weighted by molar-refractivity contribution is 5.94. The van der Waals surface area contributed by atoms with Crippen LogP contribution in [0.4, 0.5) is 0 Å². The summed E-state index contributed by atoms with van der Waals surface area (Å²) in [4.78, 5) is 4.59. The van der Waals surface area contributed by atoms with Crippen LogP contribution in [0.5, 0.6) is 17.4 Å². The number of aromatic nitrogens is 1. The molecule has 0 saturated carbocycles. The third-order valence-corrected chi connectivity index (χ3v) is 4.73. The van der Waals surface area contributed by atoms with Crippen molar-refractivity contribution in [2.24, 2.45) is 0 Å². The molecule has 4 rings (SSSR count). The summed E-state index contributed by atoms with van der Waals surface area (Å²) in [6, 6.07) is 26.2. The molecule has 0 aliphatic carbocycles. The van der Waals surface area contributed by atoms with E-state index in [1.807, 2.05) is 80.6 Å². The lowest BCUT2D eigenvalue weighted by atomic mass is 10.1. The zero-order chi connectivity index (χ0) is 20.8. The minimum Gasteiger partial charge on any atom is -0.489 e. The van der Waals surface area contributed by atoms with Crippen LogP contribution in [0.1, 0.15) is 23.7 Å². The SMILES string of the molecule is CCOc1nc(C)cc2cc(OCc3ccccc3)cc(OCc3ccccc3)c12. The Morgan fingerprint density at radius 2 is 1.37 bits per heavy atom. The topological polar surface area (TPSA) is 40.6 Å². The van der Waals surface area contributed by atoms with Gasteiger partial charge in [0.2, 0.25) is 5.88 Å². The lowest BCUT2D eigenvalue weighted by Crippen LogP contribution is -2.02. The van der Waals surface area contributed by atoms with E-state index in [4.69, 9.17) is 14.2 Å². The first kappa shape index (κ1) is 19.8. The average molecular weight is 399 g/mol. The zero-order valence-electron chi connectivity index (χ0n) is 17.3. The van der Waals surface area contributed by atoms with Gasteiger partial charge in [-0.15, -0.1) is 0 Å². The Morgan fingerprint density at radius 1 is 0.733 bits per heavy atom. The molecule has 0 bridgehead atoms. The van der Waals surface area contributed by atoms with Crippen LogP contribution in [0.15, 0.2) is 78.9 Å². The van der Waals surface area contributed by atoms with Gasteiger partial charge in [0, 0.05) is 11.8 Å². The van der Waals surface area contributed by atoms with E-state index in [0.717, 1.165) is 33.3 Å². The van der Waals surface area contributed by atoms with Crippen molar-refractivity contribution < 1.29 is 14.2 Å². The molecule has 152 valence electrons. The molecule has 0 radical (unpaired) electrons. The maximum Gasteiger partial charge on any atom is 0.225 e. The second kappa shape index (κ2) is 9.31. The smallest absolute Gasteiger partial charge is 0.225 e. The predicted octanol–water partition coefficient (Wildman–Crippen LogP) is 6.10. The van der Waals surface area contributed by atoms with E-state index in [0.29, 0.717) is 31.5 Å². The van der Waals surface area contributed by atoms with Crippen molar-refractivity contribution in [3.63, 3.8) is 0 Å². The summed E-state index contributed by atoms with van der Waals surface area (Å²) < 4.78 is 18.1. The molecule has 30 heavy (non-hydrogen) atoms. The molecule has 1 aromatic heterocycles. The van der Waals surface area contributed by atoms with E-state index >= 15 is 0 Å². The molecule has 0 atom stereocenters. The zero-order valence-corrected chi connectivity index (χ0v) is 17.3. The van der Waals surface area contributed by atoms with E-state index < -0.39 is 0 Å². The van der Waals surface area contributed by atoms with Crippen LogP contribution >= 0.6 is 0 Å². The maximum absolute atomic E-state index is 6.22. The van der Waals surface area contributed by atoms with Crippen LogP contribution in [0, 0.1) is 6.92 Å². The van der Waals surface area contributed by atoms with Crippen molar-refractivity contribution in [3.8, 4) is 17.4 Å². The number of hydrogen-bond acceptors (Lipinski definition) is 4. The van der Waals surface area contributed by atoms with Gasteiger partial charge < -0.3 is 14.2 Å². The van der Waals surface area contributed by atoms with Gasteiger partial charge in [-0.05, 0) is 42.5 Å². The van der Waals surface area contributed by atoms with Gasteiger partial charge in [-0.2, -0.15) is 0 Å². The van der Waals surface area contributed by atoms with Gasteiger partial charge in [-0.1, -0.05) is 60.7 Å². The first-order valence-corrected chi connectivity index (χ1v) is 10.1. The minimum atomic E-state index is 0.456. The summed E-state index contributed by atoms with van der Waals surface area (Å²) in [5, 5.41) is 1.85. The molecular formula is C26H25NO3. The third-order valence-electron chi connectivity index (χ3n) is 4.73. The second-order valence-electron chi connectivity index (χ2n) is 7.07. The standard InChI is InChI=1S/C26H25NO3/c1-3-28-26-25-22(14-19(2)27-26)15-23(29-17-20-10-6-4-7-11-20)16-24(25)30-18-21-12-8-5-9-13-21/h4-16H,3,17-18H2,1-2H3.